The molecule has 3 rings (SSSR count). The Balaban J connectivity index is 1.61. The fraction of sp³-hybridized carbons (Fsp3) is 0.579. The van der Waals surface area contributed by atoms with Crippen LogP contribution in [0.1, 0.15) is 26.2 Å². The van der Waals surface area contributed by atoms with Gasteiger partial charge in [0.1, 0.15) is 0 Å². The molecular weight excluding hydrogens is 382 g/mol. The number of amides is 2. The minimum atomic E-state index is -3.47. The van der Waals surface area contributed by atoms with Crippen molar-refractivity contribution in [1.82, 2.24) is 9.21 Å². The molecule has 0 bridgehead atoms. The zero-order valence-corrected chi connectivity index (χ0v) is 17.1. The number of likely N-dealkylation sites (tertiary alicyclic amines) is 1. The van der Waals surface area contributed by atoms with Crippen molar-refractivity contribution in [2.45, 2.75) is 37.1 Å². The lowest BCUT2D eigenvalue weighted by molar-refractivity contribution is -0.130. The molecule has 2 aliphatic rings. The molecule has 28 heavy (non-hydrogen) atoms. The Kier molecular flexibility index (Phi) is 6.36. The largest absolute Gasteiger partial charge is 0.383 e. The van der Waals surface area contributed by atoms with E-state index in [0.29, 0.717) is 31.9 Å². The number of hydrogen-bond acceptors (Lipinski definition) is 5. The molecule has 2 heterocycles. The first-order valence-electron chi connectivity index (χ1n) is 9.52. The van der Waals surface area contributed by atoms with Crippen LogP contribution in [0.15, 0.2) is 29.2 Å². The maximum absolute atomic E-state index is 12.6. The van der Waals surface area contributed by atoms with Gasteiger partial charge in [-0.3, -0.25) is 9.59 Å². The van der Waals surface area contributed by atoms with Crippen LogP contribution in [0.2, 0.25) is 0 Å². The van der Waals surface area contributed by atoms with Gasteiger partial charge in [-0.15, -0.1) is 0 Å². The van der Waals surface area contributed by atoms with E-state index in [2.05, 4.69) is 5.32 Å². The lowest BCUT2D eigenvalue weighted by Crippen LogP contribution is -2.38. The Bertz CT molecular complexity index is 818. The lowest BCUT2D eigenvalue weighted by Gasteiger charge is -2.23. The highest BCUT2D eigenvalue weighted by atomic mass is 32.2. The molecule has 2 atom stereocenters. The molecule has 154 valence electrons. The summed E-state index contributed by atoms with van der Waals surface area (Å²) in [6, 6.07) is 6.11. The fourth-order valence-electron chi connectivity index (χ4n) is 3.70. The van der Waals surface area contributed by atoms with Crippen LogP contribution in [-0.4, -0.2) is 68.8 Å². The number of benzene rings is 1. The van der Waals surface area contributed by atoms with Gasteiger partial charge < -0.3 is 15.0 Å². The number of methoxy groups -OCH3 is 1. The molecule has 2 saturated heterocycles. The first kappa shape index (κ1) is 20.8. The van der Waals surface area contributed by atoms with Crippen molar-refractivity contribution in [2.24, 2.45) is 5.92 Å². The molecule has 9 heteroatoms. The third kappa shape index (κ3) is 4.37. The number of sulfonamides is 1. The van der Waals surface area contributed by atoms with Crippen LogP contribution < -0.4 is 5.32 Å². The predicted molar refractivity (Wildman–Crippen MR) is 104 cm³/mol. The number of anilines is 1. The Hall–Kier alpha value is -1.97. The zero-order valence-electron chi connectivity index (χ0n) is 16.3. The molecule has 1 N–H and O–H groups in total. The average molecular weight is 410 g/mol. The molecule has 2 aliphatic heterocycles. The summed E-state index contributed by atoms with van der Waals surface area (Å²) in [6.07, 6.45) is 1.93. The molecule has 0 unspecified atom stereocenters. The summed E-state index contributed by atoms with van der Waals surface area (Å²) < 4.78 is 31.7. The summed E-state index contributed by atoms with van der Waals surface area (Å²) in [5.74, 6) is -0.729. The van der Waals surface area contributed by atoms with Crippen LogP contribution in [-0.2, 0) is 24.3 Å². The molecule has 0 radical (unpaired) electrons. The van der Waals surface area contributed by atoms with Gasteiger partial charge in [0.05, 0.1) is 23.5 Å². The van der Waals surface area contributed by atoms with Crippen molar-refractivity contribution in [2.75, 3.05) is 38.7 Å². The van der Waals surface area contributed by atoms with E-state index < -0.39 is 15.9 Å². The van der Waals surface area contributed by atoms with Gasteiger partial charge in [-0.1, -0.05) is 0 Å². The van der Waals surface area contributed by atoms with Crippen LogP contribution in [0.25, 0.3) is 0 Å². The van der Waals surface area contributed by atoms with Crippen molar-refractivity contribution in [3.63, 3.8) is 0 Å². The van der Waals surface area contributed by atoms with E-state index in [1.807, 2.05) is 6.92 Å². The SMILES string of the molecule is COC[C@@H](C)N1C[C@H](C(=O)Nc2ccc(S(=O)(=O)N3CCCC3)cc2)CC1=O. The van der Waals surface area contributed by atoms with E-state index in [0.717, 1.165) is 12.8 Å². The van der Waals surface area contributed by atoms with Gasteiger partial charge in [0.2, 0.25) is 21.8 Å². The standard InChI is InChI=1S/C19H27N3O5S/c1-14(13-27-2)22-12-15(11-18(22)23)19(24)20-16-5-7-17(8-6-16)28(25,26)21-9-3-4-10-21/h5-8,14-15H,3-4,9-13H2,1-2H3,(H,20,24)/t14-,15-/m1/s1. The van der Waals surface area contributed by atoms with Crippen LogP contribution >= 0.6 is 0 Å². The first-order chi connectivity index (χ1) is 13.3. The molecule has 8 nitrogen and oxygen atoms in total. The van der Waals surface area contributed by atoms with E-state index in [9.17, 15) is 18.0 Å². The molecule has 2 fully saturated rings. The fourth-order valence-corrected chi connectivity index (χ4v) is 5.21. The minimum Gasteiger partial charge on any atom is -0.383 e. The van der Waals surface area contributed by atoms with Gasteiger partial charge in [-0.2, -0.15) is 4.31 Å². The summed E-state index contributed by atoms with van der Waals surface area (Å²) in [7, 11) is -1.89. The van der Waals surface area contributed by atoms with Crippen molar-refractivity contribution >= 4 is 27.5 Å². The van der Waals surface area contributed by atoms with Gasteiger partial charge >= 0.3 is 0 Å². The Morgan fingerprint density at radius 1 is 1.25 bits per heavy atom. The third-order valence-electron chi connectivity index (χ3n) is 5.29. The first-order valence-corrected chi connectivity index (χ1v) is 11.0. The van der Waals surface area contributed by atoms with Crippen molar-refractivity contribution < 1.29 is 22.7 Å². The van der Waals surface area contributed by atoms with Gasteiger partial charge in [0.25, 0.3) is 0 Å². The molecule has 2 amide bonds. The average Bonchev–Trinajstić information content (AvgIpc) is 3.32. The molecule has 1 aromatic carbocycles. The lowest BCUT2D eigenvalue weighted by atomic mass is 10.1. The summed E-state index contributed by atoms with van der Waals surface area (Å²) >= 11 is 0. The summed E-state index contributed by atoms with van der Waals surface area (Å²) in [4.78, 5) is 26.6. The molecule has 0 saturated carbocycles. The Morgan fingerprint density at radius 2 is 1.89 bits per heavy atom. The van der Waals surface area contributed by atoms with Crippen LogP contribution in [0.3, 0.4) is 0 Å². The summed E-state index contributed by atoms with van der Waals surface area (Å²) in [6.45, 7) is 3.77. The van der Waals surface area contributed by atoms with Gasteiger partial charge in [-0.05, 0) is 44.0 Å². The van der Waals surface area contributed by atoms with E-state index in [1.165, 1.54) is 16.4 Å². The van der Waals surface area contributed by atoms with Crippen LogP contribution in [0.4, 0.5) is 5.69 Å². The number of nitrogens with one attached hydrogen (secondary N) is 1. The maximum Gasteiger partial charge on any atom is 0.243 e. The molecule has 0 aromatic heterocycles. The third-order valence-corrected chi connectivity index (χ3v) is 7.21. The molecular formula is C19H27N3O5S. The van der Waals surface area contributed by atoms with Gasteiger partial charge in [-0.25, -0.2) is 8.42 Å². The smallest absolute Gasteiger partial charge is 0.243 e. The number of carbonyl (C=O) groups excluding carboxylic acids is 2. The number of hydrogen-bond donors (Lipinski definition) is 1. The quantitative estimate of drug-likeness (QED) is 0.732. The number of ether oxygens (including phenoxy) is 1. The van der Waals surface area contributed by atoms with Crippen molar-refractivity contribution in [1.29, 1.82) is 0 Å². The number of carbonyl (C=O) groups is 2. The van der Waals surface area contributed by atoms with Gasteiger partial charge in [0, 0.05) is 38.9 Å². The number of nitrogens with zero attached hydrogens (tertiary/aromatic N) is 2. The van der Waals surface area contributed by atoms with Crippen LogP contribution in [0.5, 0.6) is 0 Å². The second-order valence-electron chi connectivity index (χ2n) is 7.38. The van der Waals surface area contributed by atoms with E-state index in [4.69, 9.17) is 4.74 Å². The monoisotopic (exact) mass is 409 g/mol. The van der Waals surface area contributed by atoms with Crippen molar-refractivity contribution in [3.8, 4) is 0 Å². The van der Waals surface area contributed by atoms with Crippen molar-refractivity contribution in [3.05, 3.63) is 24.3 Å². The van der Waals surface area contributed by atoms with Gasteiger partial charge in [0.15, 0.2) is 0 Å². The van der Waals surface area contributed by atoms with E-state index in [-0.39, 0.29) is 29.2 Å². The zero-order chi connectivity index (χ0) is 20.3. The van der Waals surface area contributed by atoms with Crippen LogP contribution in [0, 0.1) is 5.92 Å². The molecule has 1 aromatic rings. The highest BCUT2D eigenvalue weighted by Crippen LogP contribution is 2.24. The highest BCUT2D eigenvalue weighted by molar-refractivity contribution is 7.89. The van der Waals surface area contributed by atoms with E-state index in [1.54, 1.807) is 24.1 Å². The molecule has 0 spiro atoms. The Labute approximate surface area is 165 Å². The summed E-state index contributed by atoms with van der Waals surface area (Å²) in [5.41, 5.74) is 0.515. The second-order valence-corrected chi connectivity index (χ2v) is 9.31. The second kappa shape index (κ2) is 8.59. The number of rotatable bonds is 7. The highest BCUT2D eigenvalue weighted by Gasteiger charge is 2.36. The maximum atomic E-state index is 12.6. The predicted octanol–water partition coefficient (Wildman–Crippen LogP) is 1.29. The van der Waals surface area contributed by atoms with E-state index >= 15 is 0 Å². The Morgan fingerprint density at radius 3 is 2.50 bits per heavy atom. The normalized spacial score (nSPS) is 21.9. The molecule has 0 aliphatic carbocycles. The topological polar surface area (TPSA) is 96.0 Å². The summed E-state index contributed by atoms with van der Waals surface area (Å²) in [5, 5.41) is 2.79. The minimum absolute atomic E-state index is 0.0586.